The van der Waals surface area contributed by atoms with Gasteiger partial charge in [-0.3, -0.25) is 5.10 Å². The summed E-state index contributed by atoms with van der Waals surface area (Å²) in [5.74, 6) is -0.540. The van der Waals surface area contributed by atoms with Gasteiger partial charge in [0.15, 0.2) is 0 Å². The van der Waals surface area contributed by atoms with E-state index in [4.69, 9.17) is 16.3 Å². The maximum atomic E-state index is 13.2. The highest BCUT2D eigenvalue weighted by Crippen LogP contribution is 2.38. The quantitative estimate of drug-likeness (QED) is 0.666. The maximum Gasteiger partial charge on any atom is 0.501 e. The van der Waals surface area contributed by atoms with Crippen LogP contribution in [0.2, 0.25) is 5.02 Å². The van der Waals surface area contributed by atoms with Gasteiger partial charge in [0.2, 0.25) is 0 Å². The first-order valence-electron chi connectivity index (χ1n) is 6.51. The summed E-state index contributed by atoms with van der Waals surface area (Å²) in [6.45, 7) is 0. The second kappa shape index (κ2) is 5.88. The summed E-state index contributed by atoms with van der Waals surface area (Å²) >= 11 is 5.63. The van der Waals surface area contributed by atoms with Crippen molar-refractivity contribution >= 4 is 32.3 Å². The molecule has 25 heavy (non-hydrogen) atoms. The zero-order valence-corrected chi connectivity index (χ0v) is 13.5. The first-order valence-corrected chi connectivity index (χ1v) is 8.38. The van der Waals surface area contributed by atoms with E-state index in [1.807, 2.05) is 0 Å². The molecule has 3 aromatic rings. The number of hydrogen-bond acceptors (Lipinski definition) is 4. The molecule has 0 bridgehead atoms. The molecule has 0 spiro atoms. The number of hydrogen-bond donors (Lipinski definition) is 1. The minimum absolute atomic E-state index is 0.00534. The van der Waals surface area contributed by atoms with Crippen LogP contribution >= 0.6 is 11.6 Å². The van der Waals surface area contributed by atoms with Crippen LogP contribution in [0.15, 0.2) is 41.4 Å². The molecule has 2 aromatic carbocycles. The number of benzene rings is 2. The van der Waals surface area contributed by atoms with Crippen molar-refractivity contribution in [1.29, 1.82) is 0 Å². The Labute approximate surface area is 143 Å². The monoisotopic (exact) mass is 394 g/mol. The van der Waals surface area contributed by atoms with E-state index < -0.39 is 26.1 Å². The lowest BCUT2D eigenvalue weighted by atomic mass is 10.2. The molecule has 1 N–H and O–H groups in total. The van der Waals surface area contributed by atoms with Crippen LogP contribution in [-0.2, 0) is 9.84 Å². The van der Waals surface area contributed by atoms with Gasteiger partial charge in [0.05, 0.1) is 22.1 Å². The lowest BCUT2D eigenvalue weighted by molar-refractivity contribution is -0.0435. The molecule has 0 aliphatic carbocycles. The number of fused-ring (bicyclic) bond motifs is 1. The minimum Gasteiger partial charge on any atom is -0.457 e. The van der Waals surface area contributed by atoms with Crippen LogP contribution < -0.4 is 4.74 Å². The number of nitrogens with one attached hydrogen (secondary N) is 1. The number of halogens is 5. The van der Waals surface area contributed by atoms with Gasteiger partial charge in [-0.05, 0) is 24.3 Å². The second-order valence-electron chi connectivity index (χ2n) is 4.85. The number of rotatable bonds is 3. The molecular formula is C14H7ClF4N2O3S. The average Bonchev–Trinajstić information content (AvgIpc) is 2.99. The molecule has 0 fully saturated rings. The number of aromatic nitrogens is 2. The van der Waals surface area contributed by atoms with Gasteiger partial charge < -0.3 is 4.74 Å². The van der Waals surface area contributed by atoms with Crippen molar-refractivity contribution in [3.8, 4) is 11.5 Å². The predicted molar refractivity (Wildman–Crippen MR) is 80.8 cm³/mol. The van der Waals surface area contributed by atoms with E-state index in [-0.39, 0.29) is 27.4 Å². The molecule has 0 amide bonds. The van der Waals surface area contributed by atoms with E-state index in [0.29, 0.717) is 0 Å². The first kappa shape index (κ1) is 17.5. The van der Waals surface area contributed by atoms with Gasteiger partial charge in [-0.25, -0.2) is 12.8 Å². The minimum atomic E-state index is -5.57. The van der Waals surface area contributed by atoms with E-state index in [0.717, 1.165) is 24.4 Å². The van der Waals surface area contributed by atoms with Crippen molar-refractivity contribution in [1.82, 2.24) is 10.2 Å². The van der Waals surface area contributed by atoms with Crippen LogP contribution in [0.5, 0.6) is 11.5 Å². The summed E-state index contributed by atoms with van der Waals surface area (Å²) in [6, 6.07) is 5.28. The zero-order chi connectivity index (χ0) is 18.4. The largest absolute Gasteiger partial charge is 0.501 e. The van der Waals surface area contributed by atoms with E-state index in [2.05, 4.69) is 10.2 Å². The molecule has 132 valence electrons. The Hall–Kier alpha value is -2.33. The third kappa shape index (κ3) is 3.02. The fourth-order valence-electron chi connectivity index (χ4n) is 2.09. The van der Waals surface area contributed by atoms with Crippen LogP contribution in [0.4, 0.5) is 17.6 Å². The zero-order valence-electron chi connectivity index (χ0n) is 11.9. The second-order valence-corrected chi connectivity index (χ2v) is 7.16. The van der Waals surface area contributed by atoms with Gasteiger partial charge in [0, 0.05) is 6.07 Å². The van der Waals surface area contributed by atoms with E-state index in [1.54, 1.807) is 0 Å². The van der Waals surface area contributed by atoms with Gasteiger partial charge in [-0.15, -0.1) is 0 Å². The third-order valence-electron chi connectivity index (χ3n) is 3.25. The molecule has 0 radical (unpaired) electrons. The van der Waals surface area contributed by atoms with Crippen molar-refractivity contribution in [2.24, 2.45) is 0 Å². The molecule has 0 atom stereocenters. The molecule has 3 rings (SSSR count). The fourth-order valence-corrected chi connectivity index (χ4v) is 3.18. The van der Waals surface area contributed by atoms with E-state index in [1.165, 1.54) is 12.1 Å². The standard InChI is InChI=1S/C14H7ClF4N2O3S/c15-9-5-7(1-2-10(9)16)24-11-3-4-12(13-8(11)6-20-21-13)25(22,23)14(17,18)19/h1-6H,(H,20,21). The molecule has 1 aromatic heterocycles. The Morgan fingerprint density at radius 2 is 1.88 bits per heavy atom. The topological polar surface area (TPSA) is 72.1 Å². The Kier molecular flexibility index (Phi) is 4.12. The number of sulfone groups is 1. The fraction of sp³-hybridized carbons (Fsp3) is 0.0714. The molecule has 0 saturated heterocycles. The highest BCUT2D eigenvalue weighted by atomic mass is 35.5. The number of alkyl halides is 3. The summed E-state index contributed by atoms with van der Waals surface area (Å²) in [6.07, 6.45) is 1.12. The normalized spacial score (nSPS) is 12.5. The Morgan fingerprint density at radius 3 is 2.52 bits per heavy atom. The van der Waals surface area contributed by atoms with Crippen LogP contribution in [0.25, 0.3) is 10.9 Å². The van der Waals surface area contributed by atoms with Crippen LogP contribution in [0.3, 0.4) is 0 Å². The number of aromatic amines is 1. The molecule has 0 aliphatic heterocycles. The Bertz CT molecular complexity index is 1060. The molecule has 0 saturated carbocycles. The van der Waals surface area contributed by atoms with Crippen molar-refractivity contribution in [3.63, 3.8) is 0 Å². The van der Waals surface area contributed by atoms with Crippen molar-refractivity contribution in [2.45, 2.75) is 10.4 Å². The summed E-state index contributed by atoms with van der Waals surface area (Å²) in [5.41, 5.74) is -5.82. The van der Waals surface area contributed by atoms with Crippen molar-refractivity contribution < 1.29 is 30.7 Å². The van der Waals surface area contributed by atoms with Crippen molar-refractivity contribution in [3.05, 3.63) is 47.4 Å². The van der Waals surface area contributed by atoms with Crippen LogP contribution in [0.1, 0.15) is 0 Å². The van der Waals surface area contributed by atoms with Gasteiger partial charge >= 0.3 is 5.51 Å². The van der Waals surface area contributed by atoms with E-state index >= 15 is 0 Å². The third-order valence-corrected chi connectivity index (χ3v) is 5.07. The van der Waals surface area contributed by atoms with Crippen LogP contribution in [-0.4, -0.2) is 24.1 Å². The number of nitrogens with zero attached hydrogens (tertiary/aromatic N) is 1. The van der Waals surface area contributed by atoms with Gasteiger partial charge in [0.25, 0.3) is 9.84 Å². The lowest BCUT2D eigenvalue weighted by Gasteiger charge is -2.11. The molecule has 1 heterocycles. The lowest BCUT2D eigenvalue weighted by Crippen LogP contribution is -2.23. The predicted octanol–water partition coefficient (Wildman–Crippen LogP) is 4.44. The highest BCUT2D eigenvalue weighted by Gasteiger charge is 2.48. The average molecular weight is 395 g/mol. The van der Waals surface area contributed by atoms with Gasteiger partial charge in [-0.2, -0.15) is 18.3 Å². The van der Waals surface area contributed by atoms with Crippen molar-refractivity contribution in [2.75, 3.05) is 0 Å². The number of ether oxygens (including phenoxy) is 1. The Balaban J connectivity index is 2.10. The number of H-pyrrole nitrogens is 1. The Morgan fingerprint density at radius 1 is 1.16 bits per heavy atom. The first-order chi connectivity index (χ1) is 11.6. The molecule has 5 nitrogen and oxygen atoms in total. The highest BCUT2D eigenvalue weighted by molar-refractivity contribution is 7.92. The maximum absolute atomic E-state index is 13.2. The molecule has 0 aliphatic rings. The SMILES string of the molecule is O=S(=O)(c1ccc(Oc2ccc(F)c(Cl)c2)c2cn[nH]c12)C(F)(F)F. The summed E-state index contributed by atoms with van der Waals surface area (Å²) in [4.78, 5) is -0.975. The van der Waals surface area contributed by atoms with E-state index in [9.17, 15) is 26.0 Å². The molecule has 0 unspecified atom stereocenters. The van der Waals surface area contributed by atoms with Crippen LogP contribution in [0, 0.1) is 5.82 Å². The molecular weight excluding hydrogens is 388 g/mol. The summed E-state index contributed by atoms with van der Waals surface area (Å²) < 4.78 is 80.2. The molecule has 11 heteroatoms. The van der Waals surface area contributed by atoms with Gasteiger partial charge in [-0.1, -0.05) is 11.6 Å². The summed E-state index contributed by atoms with van der Waals surface area (Å²) in [5, 5.41) is 5.58. The van der Waals surface area contributed by atoms with Gasteiger partial charge in [0.1, 0.15) is 22.2 Å². The summed E-state index contributed by atoms with van der Waals surface area (Å²) in [7, 11) is -5.57. The smallest absolute Gasteiger partial charge is 0.457 e.